The van der Waals surface area contributed by atoms with E-state index in [1.807, 2.05) is 12.1 Å². The normalized spacial score (nSPS) is 12.8. The number of nitrogens with zero attached hydrogens (tertiary/aromatic N) is 5. The Morgan fingerprint density at radius 2 is 1.61 bits per heavy atom. The number of aliphatic hydroxyl groups is 1. The minimum absolute atomic E-state index is 0.00685. The Morgan fingerprint density at radius 1 is 0.889 bits per heavy atom. The number of benzene rings is 3. The molecule has 0 radical (unpaired) electrons. The summed E-state index contributed by atoms with van der Waals surface area (Å²) < 4.78 is 55.7. The molecule has 0 aliphatic carbocycles. The molecule has 0 spiro atoms. The van der Waals surface area contributed by atoms with Crippen molar-refractivity contribution in [2.24, 2.45) is 0 Å². The predicted octanol–water partition coefficient (Wildman–Crippen LogP) is 3.65. The quantitative estimate of drug-likeness (QED) is 0.313. The molecule has 1 N–H and O–H groups in total. The lowest BCUT2D eigenvalue weighted by molar-refractivity contribution is -0.0178. The van der Waals surface area contributed by atoms with E-state index >= 15 is 0 Å². The Hall–Kier alpha value is -4.07. The zero-order valence-electron chi connectivity index (χ0n) is 19.2. The minimum Gasteiger partial charge on any atom is -0.382 e. The van der Waals surface area contributed by atoms with Crippen LogP contribution < -0.4 is 0 Å². The third-order valence-corrected chi connectivity index (χ3v) is 5.46. The number of hydrogen-bond donors (Lipinski definition) is 1. The van der Waals surface area contributed by atoms with Gasteiger partial charge >= 0.3 is 0 Å². The van der Waals surface area contributed by atoms with Crippen molar-refractivity contribution >= 4 is 0 Å². The maximum atomic E-state index is 14.6. The predicted molar refractivity (Wildman–Crippen MR) is 123 cm³/mol. The summed E-state index contributed by atoms with van der Waals surface area (Å²) in [5.74, 6) is 2.18. The van der Waals surface area contributed by atoms with Crippen LogP contribution in [0, 0.1) is 35.1 Å². The zero-order chi connectivity index (χ0) is 25.7. The topological polar surface area (TPSA) is 67.1 Å². The molecular weight excluding hydrogens is 474 g/mol. The highest BCUT2D eigenvalue weighted by Crippen LogP contribution is 2.28. The second-order valence-electron chi connectivity index (χ2n) is 8.41. The van der Waals surface area contributed by atoms with Gasteiger partial charge in [-0.25, -0.2) is 22.2 Å². The molecule has 0 aliphatic rings. The van der Waals surface area contributed by atoms with Crippen LogP contribution in [0.3, 0.4) is 0 Å². The SMILES string of the molecule is CN(Cc1ccc(C#Cc2ccc(F)c(F)c2)cc1)CC(O)(Cn1cnnn1)c1ccc(F)cc1F. The molecule has 1 atom stereocenters. The van der Waals surface area contributed by atoms with Gasteiger partial charge in [0.25, 0.3) is 0 Å². The Kier molecular flexibility index (Phi) is 7.43. The molecule has 36 heavy (non-hydrogen) atoms. The second kappa shape index (κ2) is 10.7. The Labute approximate surface area is 204 Å². The van der Waals surface area contributed by atoms with Gasteiger partial charge in [-0.1, -0.05) is 30.0 Å². The molecule has 0 fully saturated rings. The fraction of sp³-hybridized carbons (Fsp3) is 0.192. The van der Waals surface area contributed by atoms with Gasteiger partial charge in [0.1, 0.15) is 23.6 Å². The van der Waals surface area contributed by atoms with Crippen molar-refractivity contribution in [1.29, 1.82) is 0 Å². The largest absolute Gasteiger partial charge is 0.382 e. The number of likely N-dealkylation sites (N-methyl/N-ethyl adjacent to an activating group) is 1. The Morgan fingerprint density at radius 3 is 2.28 bits per heavy atom. The fourth-order valence-electron chi connectivity index (χ4n) is 3.83. The van der Waals surface area contributed by atoms with Crippen LogP contribution in [0.5, 0.6) is 0 Å². The second-order valence-corrected chi connectivity index (χ2v) is 8.41. The van der Waals surface area contributed by atoms with E-state index in [0.717, 1.165) is 29.8 Å². The smallest absolute Gasteiger partial charge is 0.160 e. The van der Waals surface area contributed by atoms with Crippen LogP contribution in [0.2, 0.25) is 0 Å². The van der Waals surface area contributed by atoms with Gasteiger partial charge < -0.3 is 5.11 Å². The van der Waals surface area contributed by atoms with Crippen molar-refractivity contribution in [3.05, 3.63) is 113 Å². The fourth-order valence-corrected chi connectivity index (χ4v) is 3.83. The molecule has 1 unspecified atom stereocenters. The molecule has 0 saturated carbocycles. The molecule has 1 aromatic heterocycles. The first-order valence-electron chi connectivity index (χ1n) is 10.8. The molecule has 10 heteroatoms. The van der Waals surface area contributed by atoms with Gasteiger partial charge in [0.15, 0.2) is 11.6 Å². The van der Waals surface area contributed by atoms with Crippen LogP contribution in [-0.4, -0.2) is 43.8 Å². The summed E-state index contributed by atoms with van der Waals surface area (Å²) >= 11 is 0. The van der Waals surface area contributed by atoms with Gasteiger partial charge in [0, 0.05) is 35.8 Å². The number of tetrazole rings is 1. The summed E-state index contributed by atoms with van der Waals surface area (Å²) in [5, 5.41) is 22.3. The third-order valence-electron chi connectivity index (χ3n) is 5.46. The number of aromatic nitrogens is 4. The Bertz CT molecular complexity index is 1400. The van der Waals surface area contributed by atoms with Crippen LogP contribution in [0.1, 0.15) is 22.3 Å². The van der Waals surface area contributed by atoms with Crippen LogP contribution in [0.4, 0.5) is 17.6 Å². The molecule has 0 bridgehead atoms. The van der Waals surface area contributed by atoms with E-state index in [1.165, 1.54) is 23.1 Å². The summed E-state index contributed by atoms with van der Waals surface area (Å²) in [4.78, 5) is 1.79. The summed E-state index contributed by atoms with van der Waals surface area (Å²) in [5.41, 5.74) is 0.0919. The number of halogens is 4. The average Bonchev–Trinajstić information content (AvgIpc) is 3.33. The highest BCUT2D eigenvalue weighted by atomic mass is 19.2. The van der Waals surface area contributed by atoms with E-state index in [1.54, 1.807) is 24.1 Å². The van der Waals surface area contributed by atoms with Crippen molar-refractivity contribution in [1.82, 2.24) is 25.1 Å². The molecule has 0 amide bonds. The highest BCUT2D eigenvalue weighted by molar-refractivity contribution is 5.43. The van der Waals surface area contributed by atoms with Crippen molar-refractivity contribution in [2.45, 2.75) is 18.7 Å². The van der Waals surface area contributed by atoms with Gasteiger partial charge in [-0.2, -0.15) is 0 Å². The maximum Gasteiger partial charge on any atom is 0.160 e. The third kappa shape index (κ3) is 6.13. The van der Waals surface area contributed by atoms with Gasteiger partial charge in [-0.15, -0.1) is 5.10 Å². The molecule has 3 aromatic carbocycles. The first-order valence-corrected chi connectivity index (χ1v) is 10.8. The van der Waals surface area contributed by atoms with Crippen molar-refractivity contribution < 1.29 is 22.7 Å². The average molecular weight is 495 g/mol. The molecule has 6 nitrogen and oxygen atoms in total. The lowest BCUT2D eigenvalue weighted by Crippen LogP contribution is -2.43. The number of rotatable bonds is 7. The summed E-state index contributed by atoms with van der Waals surface area (Å²) in [6, 6.07) is 13.7. The maximum absolute atomic E-state index is 14.6. The molecule has 4 aromatic rings. The van der Waals surface area contributed by atoms with E-state index in [-0.39, 0.29) is 18.7 Å². The lowest BCUT2D eigenvalue weighted by Gasteiger charge is -2.33. The van der Waals surface area contributed by atoms with Crippen LogP contribution in [0.15, 0.2) is 67.0 Å². The van der Waals surface area contributed by atoms with Gasteiger partial charge in [-0.05, 0) is 59.4 Å². The number of hydrogen-bond acceptors (Lipinski definition) is 5. The van der Waals surface area contributed by atoms with Crippen molar-refractivity contribution in [3.8, 4) is 11.8 Å². The summed E-state index contributed by atoms with van der Waals surface area (Å²) in [7, 11) is 1.75. The van der Waals surface area contributed by atoms with Crippen molar-refractivity contribution in [3.63, 3.8) is 0 Å². The lowest BCUT2D eigenvalue weighted by atomic mass is 9.92. The van der Waals surface area contributed by atoms with E-state index in [0.29, 0.717) is 17.7 Å². The molecule has 0 aliphatic heterocycles. The van der Waals surface area contributed by atoms with Gasteiger partial charge in [0.05, 0.1) is 6.54 Å². The van der Waals surface area contributed by atoms with Crippen molar-refractivity contribution in [2.75, 3.05) is 13.6 Å². The van der Waals surface area contributed by atoms with E-state index in [4.69, 9.17) is 0 Å². The minimum atomic E-state index is -1.75. The molecular formula is C26H21F4N5O. The summed E-state index contributed by atoms with van der Waals surface area (Å²) in [6.45, 7) is 0.246. The van der Waals surface area contributed by atoms with Gasteiger partial charge in [-0.3, -0.25) is 4.90 Å². The first kappa shape index (κ1) is 25.0. The Balaban J connectivity index is 1.47. The first-order chi connectivity index (χ1) is 17.2. The molecule has 0 saturated heterocycles. The standard InChI is InChI=1S/C26H21F4N5O/c1-34(14-20-6-3-18(4-7-20)2-5-19-8-11-23(28)25(30)12-19)15-26(36,16-35-17-31-32-33-35)22-10-9-21(27)13-24(22)29/h3-4,6-13,17,36H,14-16H2,1H3. The van der Waals surface area contributed by atoms with Crippen LogP contribution in [0.25, 0.3) is 0 Å². The van der Waals surface area contributed by atoms with Crippen LogP contribution in [-0.2, 0) is 18.7 Å². The molecule has 1 heterocycles. The molecule has 4 rings (SSSR count). The van der Waals surface area contributed by atoms with Crippen LogP contribution >= 0.6 is 0 Å². The van der Waals surface area contributed by atoms with E-state index in [2.05, 4.69) is 27.4 Å². The van der Waals surface area contributed by atoms with E-state index < -0.39 is 28.9 Å². The molecule has 184 valence electrons. The van der Waals surface area contributed by atoms with E-state index in [9.17, 15) is 22.7 Å². The monoisotopic (exact) mass is 495 g/mol. The highest BCUT2D eigenvalue weighted by Gasteiger charge is 2.35. The zero-order valence-corrected chi connectivity index (χ0v) is 19.2. The summed E-state index contributed by atoms with van der Waals surface area (Å²) in [6.07, 6.45) is 1.30. The van der Waals surface area contributed by atoms with Gasteiger partial charge in [0.2, 0.25) is 0 Å².